The third-order valence-electron chi connectivity index (χ3n) is 3.33. The van der Waals surface area contributed by atoms with E-state index in [2.05, 4.69) is 4.98 Å². The van der Waals surface area contributed by atoms with E-state index in [0.717, 1.165) is 31.6 Å². The number of halogens is 1. The van der Waals surface area contributed by atoms with Gasteiger partial charge in [0.25, 0.3) is 5.91 Å². The Balaban J connectivity index is 2.20. The van der Waals surface area contributed by atoms with Crippen molar-refractivity contribution in [2.24, 2.45) is 0 Å². The number of aromatic nitrogens is 1. The smallest absolute Gasteiger partial charge is 0.257 e. The van der Waals surface area contributed by atoms with Crippen LogP contribution < -0.4 is 5.73 Å². The number of nitrogens with two attached hydrogens (primary N) is 1. The van der Waals surface area contributed by atoms with E-state index in [9.17, 15) is 9.18 Å². The summed E-state index contributed by atoms with van der Waals surface area (Å²) in [6.45, 7) is 1.49. The average molecular weight is 266 g/mol. The lowest BCUT2D eigenvalue weighted by Gasteiger charge is -2.27. The van der Waals surface area contributed by atoms with Crippen LogP contribution in [0, 0.1) is 5.82 Å². The van der Waals surface area contributed by atoms with Gasteiger partial charge in [-0.15, -0.1) is 0 Å². The van der Waals surface area contributed by atoms with Gasteiger partial charge < -0.3 is 15.5 Å². The van der Waals surface area contributed by atoms with Crippen LogP contribution in [0.25, 0.3) is 0 Å². The van der Waals surface area contributed by atoms with Crippen LogP contribution in [0.1, 0.15) is 23.2 Å². The van der Waals surface area contributed by atoms with Gasteiger partial charge in [0, 0.05) is 19.1 Å². The number of rotatable bonds is 3. The van der Waals surface area contributed by atoms with Gasteiger partial charge in [-0.25, -0.2) is 9.37 Å². The second kappa shape index (κ2) is 5.52. The topological polar surface area (TPSA) is 62.5 Å². The molecule has 1 fully saturated rings. The SMILES string of the molecule is CN(C)CC1CCCN1C(=O)c1cc(F)cnc1N. The Bertz CT molecular complexity index is 478. The van der Waals surface area contributed by atoms with Gasteiger partial charge in [0.2, 0.25) is 0 Å². The highest BCUT2D eigenvalue weighted by atomic mass is 19.1. The lowest BCUT2D eigenvalue weighted by atomic mass is 10.1. The number of likely N-dealkylation sites (tertiary alicyclic amines) is 1. The molecule has 1 aromatic rings. The predicted octanol–water partition coefficient (Wildman–Crippen LogP) is 0.969. The third-order valence-corrected chi connectivity index (χ3v) is 3.33. The molecule has 2 heterocycles. The van der Waals surface area contributed by atoms with Crippen LogP contribution in [-0.2, 0) is 0 Å². The molecule has 0 saturated carbocycles. The van der Waals surface area contributed by atoms with Crippen molar-refractivity contribution in [1.82, 2.24) is 14.8 Å². The lowest BCUT2D eigenvalue weighted by molar-refractivity contribution is 0.0716. The first kappa shape index (κ1) is 13.7. The predicted molar refractivity (Wildman–Crippen MR) is 71.2 cm³/mol. The van der Waals surface area contributed by atoms with Crippen LogP contribution in [0.2, 0.25) is 0 Å². The van der Waals surface area contributed by atoms with Gasteiger partial charge in [0.1, 0.15) is 11.6 Å². The molecule has 0 spiro atoms. The zero-order chi connectivity index (χ0) is 14.0. The summed E-state index contributed by atoms with van der Waals surface area (Å²) >= 11 is 0. The van der Waals surface area contributed by atoms with E-state index in [1.807, 2.05) is 19.0 Å². The number of carbonyl (C=O) groups excluding carboxylic acids is 1. The number of anilines is 1. The summed E-state index contributed by atoms with van der Waals surface area (Å²) in [6.07, 6.45) is 2.95. The van der Waals surface area contributed by atoms with Crippen molar-refractivity contribution < 1.29 is 9.18 Å². The van der Waals surface area contributed by atoms with E-state index in [1.165, 1.54) is 0 Å². The molecule has 5 nitrogen and oxygen atoms in total. The maximum absolute atomic E-state index is 13.2. The minimum Gasteiger partial charge on any atom is -0.383 e. The standard InChI is InChI=1S/C13H19FN4O/c1-17(2)8-10-4-3-5-18(10)13(19)11-6-9(14)7-16-12(11)15/h6-7,10H,3-5,8H2,1-2H3,(H2,15,16). The van der Waals surface area contributed by atoms with Gasteiger partial charge in [-0.2, -0.15) is 0 Å². The van der Waals surface area contributed by atoms with E-state index in [1.54, 1.807) is 4.90 Å². The molecule has 1 aromatic heterocycles. The molecule has 1 unspecified atom stereocenters. The Morgan fingerprint density at radius 3 is 3.05 bits per heavy atom. The average Bonchev–Trinajstić information content (AvgIpc) is 2.78. The molecule has 6 heteroatoms. The van der Waals surface area contributed by atoms with Crippen molar-refractivity contribution in [3.8, 4) is 0 Å². The van der Waals surface area contributed by atoms with Crippen LogP contribution in [0.4, 0.5) is 10.2 Å². The highest BCUT2D eigenvalue weighted by molar-refractivity contribution is 5.98. The van der Waals surface area contributed by atoms with Crippen molar-refractivity contribution >= 4 is 11.7 Å². The van der Waals surface area contributed by atoms with Crippen molar-refractivity contribution in [2.45, 2.75) is 18.9 Å². The molecule has 0 radical (unpaired) electrons. The number of carbonyl (C=O) groups is 1. The second-order valence-electron chi connectivity index (χ2n) is 5.14. The van der Waals surface area contributed by atoms with Gasteiger partial charge in [0.15, 0.2) is 0 Å². The van der Waals surface area contributed by atoms with Crippen molar-refractivity contribution in [3.63, 3.8) is 0 Å². The highest BCUT2D eigenvalue weighted by Gasteiger charge is 2.30. The largest absolute Gasteiger partial charge is 0.383 e. The summed E-state index contributed by atoms with van der Waals surface area (Å²) in [7, 11) is 3.94. The summed E-state index contributed by atoms with van der Waals surface area (Å²) in [6, 6.07) is 1.32. The van der Waals surface area contributed by atoms with Crippen molar-refractivity contribution in [1.29, 1.82) is 0 Å². The lowest BCUT2D eigenvalue weighted by Crippen LogP contribution is -2.41. The Kier molecular flexibility index (Phi) is 3.99. The molecule has 1 atom stereocenters. The molecule has 1 aliphatic heterocycles. The first-order chi connectivity index (χ1) is 8.99. The normalized spacial score (nSPS) is 19.2. The van der Waals surface area contributed by atoms with Crippen molar-refractivity contribution in [2.75, 3.05) is 32.9 Å². The van der Waals surface area contributed by atoms with Gasteiger partial charge >= 0.3 is 0 Å². The molecular weight excluding hydrogens is 247 g/mol. The number of hydrogen-bond donors (Lipinski definition) is 1. The number of amides is 1. The third kappa shape index (κ3) is 3.01. The molecule has 1 saturated heterocycles. The molecule has 0 aromatic carbocycles. The molecule has 1 aliphatic rings. The van der Waals surface area contributed by atoms with E-state index >= 15 is 0 Å². The van der Waals surface area contributed by atoms with Crippen LogP contribution in [-0.4, -0.2) is 53.9 Å². The fourth-order valence-electron chi connectivity index (χ4n) is 2.49. The summed E-state index contributed by atoms with van der Waals surface area (Å²) in [5.41, 5.74) is 5.83. The summed E-state index contributed by atoms with van der Waals surface area (Å²) in [5.74, 6) is -0.684. The first-order valence-electron chi connectivity index (χ1n) is 6.35. The monoisotopic (exact) mass is 266 g/mol. The fraction of sp³-hybridized carbons (Fsp3) is 0.538. The van der Waals surface area contributed by atoms with Crippen molar-refractivity contribution in [3.05, 3.63) is 23.6 Å². The molecule has 19 heavy (non-hydrogen) atoms. The van der Waals surface area contributed by atoms with Crippen LogP contribution in [0.5, 0.6) is 0 Å². The summed E-state index contributed by atoms with van der Waals surface area (Å²) in [5, 5.41) is 0. The zero-order valence-electron chi connectivity index (χ0n) is 11.3. The first-order valence-corrected chi connectivity index (χ1v) is 6.35. The number of likely N-dealkylation sites (N-methyl/N-ethyl adjacent to an activating group) is 1. The van der Waals surface area contributed by atoms with E-state index < -0.39 is 5.82 Å². The summed E-state index contributed by atoms with van der Waals surface area (Å²) < 4.78 is 13.2. The minimum atomic E-state index is -0.541. The van der Waals surface area contributed by atoms with Crippen LogP contribution in [0.15, 0.2) is 12.3 Å². The molecule has 2 N–H and O–H groups in total. The Morgan fingerprint density at radius 1 is 1.63 bits per heavy atom. The maximum atomic E-state index is 13.2. The Labute approximate surface area is 112 Å². The van der Waals surface area contributed by atoms with Gasteiger partial charge in [0.05, 0.1) is 11.8 Å². The van der Waals surface area contributed by atoms with Gasteiger partial charge in [-0.3, -0.25) is 4.79 Å². The molecular formula is C13H19FN4O. The second-order valence-corrected chi connectivity index (χ2v) is 5.14. The number of nitrogens with zero attached hydrogens (tertiary/aromatic N) is 3. The highest BCUT2D eigenvalue weighted by Crippen LogP contribution is 2.22. The molecule has 0 bridgehead atoms. The Morgan fingerprint density at radius 2 is 2.37 bits per heavy atom. The van der Waals surface area contributed by atoms with E-state index in [4.69, 9.17) is 5.73 Å². The fourth-order valence-corrected chi connectivity index (χ4v) is 2.49. The summed E-state index contributed by atoms with van der Waals surface area (Å²) in [4.78, 5) is 20.0. The number of nitrogen functional groups attached to an aromatic ring is 1. The van der Waals surface area contributed by atoms with Crippen LogP contribution in [0.3, 0.4) is 0 Å². The molecule has 2 rings (SSSR count). The maximum Gasteiger partial charge on any atom is 0.257 e. The molecule has 104 valence electrons. The number of hydrogen-bond acceptors (Lipinski definition) is 4. The van der Waals surface area contributed by atoms with E-state index in [0.29, 0.717) is 6.54 Å². The number of pyridine rings is 1. The molecule has 1 amide bonds. The van der Waals surface area contributed by atoms with Gasteiger partial charge in [-0.05, 0) is 33.0 Å². The minimum absolute atomic E-state index is 0.0851. The zero-order valence-corrected chi connectivity index (χ0v) is 11.3. The Hall–Kier alpha value is -1.69. The van der Waals surface area contributed by atoms with E-state index in [-0.39, 0.29) is 23.3 Å². The van der Waals surface area contributed by atoms with Crippen LogP contribution >= 0.6 is 0 Å². The quantitative estimate of drug-likeness (QED) is 0.885. The van der Waals surface area contributed by atoms with Gasteiger partial charge in [-0.1, -0.05) is 0 Å². The molecule has 0 aliphatic carbocycles.